The number of hydrogen-bond acceptors (Lipinski definition) is 15. The lowest BCUT2D eigenvalue weighted by Crippen LogP contribution is -2.36. The molecule has 0 unspecified atom stereocenters. The summed E-state index contributed by atoms with van der Waals surface area (Å²) in [5, 5.41) is 52.1. The summed E-state index contributed by atoms with van der Waals surface area (Å²) in [5.41, 5.74) is 12.3. The normalized spacial score (nSPS) is 14.5. The molecule has 0 radical (unpaired) electrons. The molecule has 0 aliphatic carbocycles. The predicted octanol–water partition coefficient (Wildman–Crippen LogP) is 10.6. The Labute approximate surface area is 629 Å². The van der Waals surface area contributed by atoms with E-state index in [-0.39, 0.29) is 43.5 Å². The average Bonchev–Trinajstić information content (AvgIpc) is 1.74. The molecule has 7 N–H and O–H groups in total. The fraction of sp³-hybridized carbons (Fsp3) is 0.310. The Morgan fingerprint density at radius 2 is 1.17 bits per heavy atom. The van der Waals surface area contributed by atoms with Gasteiger partial charge in [0.05, 0.1) is 21.3 Å². The van der Waals surface area contributed by atoms with Crippen LogP contribution in [0.1, 0.15) is 135 Å². The zero-order chi connectivity index (χ0) is 77.0. The van der Waals surface area contributed by atoms with Crippen LogP contribution in [0.15, 0.2) is 218 Å². The van der Waals surface area contributed by atoms with Gasteiger partial charge in [0.1, 0.15) is 6.54 Å². The highest BCUT2D eigenvalue weighted by atomic mass is 32.2. The van der Waals surface area contributed by atoms with Crippen LogP contribution in [0.3, 0.4) is 0 Å². The number of anilines is 1. The van der Waals surface area contributed by atoms with E-state index >= 15 is 4.79 Å². The van der Waals surface area contributed by atoms with Crippen LogP contribution in [0.2, 0.25) is 0 Å². The van der Waals surface area contributed by atoms with E-state index in [0.29, 0.717) is 117 Å². The topological polar surface area (TPSA) is 280 Å². The smallest absolute Gasteiger partial charge is 0.488 e. The first kappa shape index (κ1) is 80.3. The molecule has 0 bridgehead atoms. The maximum atomic E-state index is 15.0. The third-order valence-corrected chi connectivity index (χ3v) is 22.0. The fourth-order valence-corrected chi connectivity index (χ4v) is 15.8. The Hall–Kier alpha value is -9.23. The van der Waals surface area contributed by atoms with Crippen molar-refractivity contribution in [2.24, 2.45) is 0 Å². The number of para-hydroxylation sites is 2. The van der Waals surface area contributed by atoms with Crippen LogP contribution in [0.5, 0.6) is 0 Å². The van der Waals surface area contributed by atoms with Crippen LogP contribution < -0.4 is 26.5 Å². The van der Waals surface area contributed by atoms with Crippen molar-refractivity contribution in [1.82, 2.24) is 20.4 Å². The second-order valence-electron chi connectivity index (χ2n) is 29.0. The first-order chi connectivity index (χ1) is 50.9. The largest absolute Gasteiger partial charge is 0.748 e. The Morgan fingerprint density at radius 3 is 1.78 bits per heavy atom. The molecule has 2 amide bonds. The van der Waals surface area contributed by atoms with Crippen LogP contribution in [-0.4, -0.2) is 142 Å². The average molecular weight is 1480 g/mol. The number of ketones is 1. The molecule has 2 heterocycles. The number of nitrogens with zero attached hydrogens (tertiary/aromatic N) is 4. The van der Waals surface area contributed by atoms with Crippen molar-refractivity contribution >= 4 is 107 Å². The summed E-state index contributed by atoms with van der Waals surface area (Å²) >= 11 is 0. The molecule has 19 nitrogen and oxygen atoms in total. The molecule has 0 spiro atoms. The molecule has 23 heteroatoms. The number of amides is 2. The summed E-state index contributed by atoms with van der Waals surface area (Å²) in [4.78, 5) is 47.1. The van der Waals surface area contributed by atoms with E-state index in [1.54, 1.807) is 38.1 Å². The summed E-state index contributed by atoms with van der Waals surface area (Å²) in [6.07, 6.45) is 10.5. The SMILES string of the molecule is C=C(C)C(=O)CCCCN(Cc1ccccc1B(O)O)Cc1c2ccccc2c(CN(CCCNC(=O)C(=C)C)Cc2ccccc2B(O)O)c2ccc(C(=O)NCc3ccc(C(=C\C=C4/N(CCCS(=O)(=O)O)c5ccccc5C4(C)C)/C=C/C4=[N+](CCCS(=O)(=O)[O-])c5ccccc5C4(C)C)cc3)cc12. The van der Waals surface area contributed by atoms with Gasteiger partial charge >= 0.3 is 14.2 Å². The molecular weight excluding hydrogens is 1390 g/mol. The van der Waals surface area contributed by atoms with E-state index in [0.717, 1.165) is 83.3 Å². The molecule has 8 aromatic rings. The molecule has 0 aromatic heterocycles. The maximum absolute atomic E-state index is 15.0. The predicted molar refractivity (Wildman–Crippen MR) is 427 cm³/mol. The lowest BCUT2D eigenvalue weighted by Gasteiger charge is -2.28. The molecule has 107 heavy (non-hydrogen) atoms. The molecule has 10 rings (SSSR count). The quantitative estimate of drug-likeness (QED) is 0.00366. The van der Waals surface area contributed by atoms with Crippen molar-refractivity contribution in [2.75, 3.05) is 49.1 Å². The molecule has 8 aromatic carbocycles. The van der Waals surface area contributed by atoms with Gasteiger partial charge in [-0.05, 0) is 173 Å². The lowest BCUT2D eigenvalue weighted by atomic mass is 9.77. The van der Waals surface area contributed by atoms with Crippen LogP contribution in [0.4, 0.5) is 11.4 Å². The van der Waals surface area contributed by atoms with Gasteiger partial charge in [0.25, 0.3) is 16.0 Å². The molecule has 2 aliphatic rings. The van der Waals surface area contributed by atoms with Crippen molar-refractivity contribution < 1.29 is 65.0 Å². The third kappa shape index (κ3) is 20.1. The highest BCUT2D eigenvalue weighted by Crippen LogP contribution is 2.48. The van der Waals surface area contributed by atoms with Gasteiger partial charge in [-0.3, -0.25) is 28.7 Å². The number of carbonyl (C=O) groups is 3. The van der Waals surface area contributed by atoms with Gasteiger partial charge in [-0.2, -0.15) is 13.0 Å². The summed E-state index contributed by atoms with van der Waals surface area (Å²) in [6.45, 7) is 22.9. The highest BCUT2D eigenvalue weighted by molar-refractivity contribution is 7.85. The summed E-state index contributed by atoms with van der Waals surface area (Å²) in [5.74, 6) is -1.54. The molecule has 0 fully saturated rings. The van der Waals surface area contributed by atoms with Crippen molar-refractivity contribution in [2.45, 2.75) is 124 Å². The van der Waals surface area contributed by atoms with Gasteiger partial charge in [-0.25, -0.2) is 8.42 Å². The van der Waals surface area contributed by atoms with Gasteiger partial charge in [0.2, 0.25) is 11.6 Å². The summed E-state index contributed by atoms with van der Waals surface area (Å²) in [7, 11) is -12.2. The number of rotatable bonds is 36. The summed E-state index contributed by atoms with van der Waals surface area (Å²) < 4.78 is 71.6. The fourth-order valence-electron chi connectivity index (χ4n) is 14.8. The maximum Gasteiger partial charge on any atom is 0.488 e. The molecule has 0 saturated carbocycles. The number of benzene rings is 8. The van der Waals surface area contributed by atoms with Crippen LogP contribution in [0.25, 0.3) is 27.1 Å². The first-order valence-electron chi connectivity index (χ1n) is 36.3. The summed E-state index contributed by atoms with van der Waals surface area (Å²) in [6, 6.07) is 52.0. The van der Waals surface area contributed by atoms with E-state index in [4.69, 9.17) is 0 Å². The van der Waals surface area contributed by atoms with Crippen molar-refractivity contribution in [3.63, 3.8) is 0 Å². The second-order valence-corrected chi connectivity index (χ2v) is 32.1. The first-order valence-corrected chi connectivity index (χ1v) is 39.5. The van der Waals surface area contributed by atoms with Crippen LogP contribution in [0, 0.1) is 0 Å². The van der Waals surface area contributed by atoms with Gasteiger partial charge in [0.15, 0.2) is 11.5 Å². The van der Waals surface area contributed by atoms with E-state index < -0.39 is 56.8 Å². The van der Waals surface area contributed by atoms with E-state index in [9.17, 15) is 55.6 Å². The van der Waals surface area contributed by atoms with Gasteiger partial charge < -0.3 is 40.2 Å². The van der Waals surface area contributed by atoms with Crippen LogP contribution in [-0.2, 0) is 73.4 Å². The third-order valence-electron chi connectivity index (χ3n) is 20.4. The standard InChI is InChI=1S/C84H96B2N6O13S2/c1-58(2)78(93)34-19-20-46-89(54-64-24-9-15-30-74(64)85(96)97)57-71-67-27-12-11-26-66(67)70(56-90(47-21-45-87-81(94)59(3)4)55-65-25-10-16-31-75(65)86(98)99)68-42-39-63(52-69(68)71)82(95)88-53-60-35-37-61(38-36-60)62(40-43-79-83(5,6)72-28-13-17-32-76(72)91(79)48-22-50-106(100,101)102)41-44-80-84(7,8)73-29-14-18-33-77(73)92(80)49-23-51-107(103,104)105/h9-18,24-33,35-44,52,96-99H,1,3,19-23,34,45-51,53-57H2,2,4-8H3,(H3-,87,88,94,95,100,101,102,103,104,105). The van der Waals surface area contributed by atoms with E-state index in [1.165, 1.54) is 0 Å². The number of nitrogens with one attached hydrogen (secondary N) is 2. The Balaban J connectivity index is 1.03. The van der Waals surface area contributed by atoms with Gasteiger partial charge in [-0.15, -0.1) is 0 Å². The molecular formula is C84H96B2N6O13S2. The van der Waals surface area contributed by atoms with Crippen LogP contribution >= 0.6 is 0 Å². The molecule has 0 saturated heterocycles. The van der Waals surface area contributed by atoms with Crippen molar-refractivity contribution in [3.8, 4) is 0 Å². The molecule has 2 aliphatic heterocycles. The minimum atomic E-state index is -4.48. The number of fused-ring (bicyclic) bond motifs is 4. The molecule has 558 valence electrons. The zero-order valence-corrected chi connectivity index (χ0v) is 63.4. The van der Waals surface area contributed by atoms with E-state index in [2.05, 4.69) is 95.0 Å². The number of Topliss-reactive ketones (excluding diaryl/α,β-unsaturated/α-hetero) is 1. The number of carbonyl (C=O) groups excluding carboxylic acids is 3. The monoisotopic (exact) mass is 1480 g/mol. The Bertz CT molecular complexity index is 5030. The lowest BCUT2D eigenvalue weighted by molar-refractivity contribution is -0.437. The molecule has 0 atom stereocenters. The minimum absolute atomic E-state index is 0.0139. The zero-order valence-electron chi connectivity index (χ0n) is 61.8. The number of allylic oxidation sites excluding steroid dienone is 7. The van der Waals surface area contributed by atoms with Gasteiger partial charge in [-0.1, -0.05) is 173 Å². The number of unbranched alkanes of at least 4 members (excludes halogenated alkanes) is 1. The van der Waals surface area contributed by atoms with Crippen molar-refractivity contribution in [1.29, 1.82) is 0 Å². The number of hydrogen-bond donors (Lipinski definition) is 7. The van der Waals surface area contributed by atoms with Gasteiger partial charge in [0, 0.05) is 117 Å². The Kier molecular flexibility index (Phi) is 26.4. The van der Waals surface area contributed by atoms with E-state index in [1.807, 2.05) is 140 Å². The second kappa shape index (κ2) is 35.2. The Morgan fingerprint density at radius 1 is 0.607 bits per heavy atom. The van der Waals surface area contributed by atoms with Crippen molar-refractivity contribution in [3.05, 3.63) is 268 Å². The minimum Gasteiger partial charge on any atom is -0.748 e. The highest BCUT2D eigenvalue weighted by Gasteiger charge is 2.44.